The molecular weight excluding hydrogens is 454 g/mol. The van der Waals surface area contributed by atoms with Gasteiger partial charge in [-0.2, -0.15) is 4.37 Å². The lowest BCUT2D eigenvalue weighted by molar-refractivity contribution is -0.108. The summed E-state index contributed by atoms with van der Waals surface area (Å²) in [6, 6.07) is -0.867. The van der Waals surface area contributed by atoms with E-state index in [2.05, 4.69) is 55.0 Å². The van der Waals surface area contributed by atoms with Crippen LogP contribution in [0.2, 0.25) is 0 Å². The highest BCUT2D eigenvalue weighted by molar-refractivity contribution is 9.10. The van der Waals surface area contributed by atoms with Gasteiger partial charge in [0.05, 0.1) is 16.2 Å². The second kappa shape index (κ2) is 7.03. The van der Waals surface area contributed by atoms with Crippen molar-refractivity contribution in [2.75, 3.05) is 13.2 Å². The molecule has 0 amide bonds. The van der Waals surface area contributed by atoms with Crippen molar-refractivity contribution in [2.45, 2.75) is 57.5 Å². The van der Waals surface area contributed by atoms with Crippen molar-refractivity contribution >= 4 is 27.5 Å². The Balaban J connectivity index is 1.58. The molecule has 0 saturated heterocycles. The van der Waals surface area contributed by atoms with Crippen LogP contribution < -0.4 is 5.32 Å². The molecule has 2 saturated carbocycles. The molecule has 11 heteroatoms. The van der Waals surface area contributed by atoms with Gasteiger partial charge in [0.2, 0.25) is 0 Å². The van der Waals surface area contributed by atoms with Crippen molar-refractivity contribution in [2.24, 2.45) is 10.8 Å². The Morgan fingerprint density at radius 2 is 2.11 bits per heavy atom. The highest BCUT2D eigenvalue weighted by Gasteiger charge is 2.50. The average molecular weight is 477 g/mol. The molecule has 0 aliphatic heterocycles. The van der Waals surface area contributed by atoms with Crippen molar-refractivity contribution in [3.05, 3.63) is 21.4 Å². The first-order valence-electron chi connectivity index (χ1n) is 9.23. The van der Waals surface area contributed by atoms with Gasteiger partial charge in [-0.1, -0.05) is 13.8 Å². The molecule has 1 unspecified atom stereocenters. The monoisotopic (exact) mass is 476 g/mol. The lowest BCUT2D eigenvalue weighted by Crippen LogP contribution is -2.52. The van der Waals surface area contributed by atoms with Crippen LogP contribution in [-0.4, -0.2) is 48.8 Å². The summed E-state index contributed by atoms with van der Waals surface area (Å²) < 4.78 is 33.5. The smallest absolute Gasteiger partial charge is 0.252 e. The zero-order valence-electron chi connectivity index (χ0n) is 15.7. The summed E-state index contributed by atoms with van der Waals surface area (Å²) in [4.78, 5) is 0. The fraction of sp³-hybridized carbons (Fsp3) is 0.765. The number of halogens is 3. The van der Waals surface area contributed by atoms with E-state index in [1.54, 1.807) is 0 Å². The highest BCUT2D eigenvalue weighted by atomic mass is 79.9. The lowest BCUT2D eigenvalue weighted by atomic mass is 9.54. The summed E-state index contributed by atoms with van der Waals surface area (Å²) in [6.07, 6.45) is 1.30. The predicted molar refractivity (Wildman–Crippen MR) is 103 cm³/mol. The summed E-state index contributed by atoms with van der Waals surface area (Å²) in [7, 11) is 0. The van der Waals surface area contributed by atoms with Crippen LogP contribution >= 0.6 is 27.5 Å². The molecule has 2 aliphatic carbocycles. The Hall–Kier alpha value is -1.04. The molecule has 2 aliphatic rings. The first-order valence-corrected chi connectivity index (χ1v) is 10.9. The summed E-state index contributed by atoms with van der Waals surface area (Å²) in [5.41, 5.74) is 0.727. The zero-order chi connectivity index (χ0) is 20.2. The van der Waals surface area contributed by atoms with Crippen molar-refractivity contribution < 1.29 is 13.9 Å². The van der Waals surface area contributed by atoms with Crippen LogP contribution in [0.1, 0.15) is 63.1 Å². The molecule has 0 spiro atoms. The van der Waals surface area contributed by atoms with Gasteiger partial charge in [-0.3, -0.25) is 0 Å². The molecule has 4 rings (SSSR count). The van der Waals surface area contributed by atoms with E-state index < -0.39 is 18.0 Å². The standard InChI is InChI=1S/C17H23BrF2N6OS/c1-15(2)6-16(7-15,9-27)8-21-13(12-11(18)5-28-23-12)14-22-24-25-26(14)10-3-17(19,20)4-10/h5,10,13,21,27H,3-4,6-9H2,1-2H3. The molecule has 7 nitrogen and oxygen atoms in total. The quantitative estimate of drug-likeness (QED) is 0.636. The summed E-state index contributed by atoms with van der Waals surface area (Å²) in [5, 5.41) is 27.1. The van der Waals surface area contributed by atoms with Crippen LogP contribution in [-0.2, 0) is 0 Å². The molecule has 2 N–H and O–H groups in total. The van der Waals surface area contributed by atoms with E-state index >= 15 is 0 Å². The van der Waals surface area contributed by atoms with Crippen LogP contribution in [0.4, 0.5) is 8.78 Å². The van der Waals surface area contributed by atoms with Gasteiger partial charge in [-0.05, 0) is 56.1 Å². The minimum Gasteiger partial charge on any atom is -0.396 e. The fourth-order valence-electron chi connectivity index (χ4n) is 4.78. The van der Waals surface area contributed by atoms with Crippen molar-refractivity contribution in [1.29, 1.82) is 0 Å². The second-order valence-corrected chi connectivity index (χ2v) is 10.4. The average Bonchev–Trinajstić information content (AvgIpc) is 3.20. The van der Waals surface area contributed by atoms with Crippen molar-refractivity contribution in [3.63, 3.8) is 0 Å². The number of nitrogens with one attached hydrogen (secondary N) is 1. The molecule has 2 aromatic heterocycles. The van der Waals surface area contributed by atoms with Crippen molar-refractivity contribution in [1.82, 2.24) is 29.9 Å². The number of aliphatic hydroxyl groups excluding tert-OH is 1. The largest absolute Gasteiger partial charge is 0.396 e. The molecule has 2 heterocycles. The van der Waals surface area contributed by atoms with E-state index in [-0.39, 0.29) is 30.3 Å². The Morgan fingerprint density at radius 3 is 2.64 bits per heavy atom. The predicted octanol–water partition coefficient (Wildman–Crippen LogP) is 3.34. The molecule has 2 fully saturated rings. The first kappa shape index (κ1) is 20.2. The van der Waals surface area contributed by atoms with E-state index in [9.17, 15) is 13.9 Å². The molecular formula is C17H23BrF2N6OS. The van der Waals surface area contributed by atoms with Crippen LogP contribution in [0, 0.1) is 10.8 Å². The van der Waals surface area contributed by atoms with Crippen LogP contribution in [0.3, 0.4) is 0 Å². The number of alkyl halides is 2. The number of tetrazole rings is 1. The van der Waals surface area contributed by atoms with E-state index in [0.717, 1.165) is 23.0 Å². The van der Waals surface area contributed by atoms with Gasteiger partial charge >= 0.3 is 0 Å². The number of aliphatic hydroxyl groups is 1. The number of hydrogen-bond acceptors (Lipinski definition) is 7. The summed E-state index contributed by atoms with van der Waals surface area (Å²) in [5.74, 6) is -2.19. The number of nitrogens with zero attached hydrogens (tertiary/aromatic N) is 5. The Kier molecular flexibility index (Phi) is 5.08. The Labute approximate surface area is 174 Å². The van der Waals surface area contributed by atoms with Crippen LogP contribution in [0.5, 0.6) is 0 Å². The summed E-state index contributed by atoms with van der Waals surface area (Å²) >= 11 is 4.81. The third-order valence-electron chi connectivity index (χ3n) is 5.74. The molecule has 2 aromatic rings. The van der Waals surface area contributed by atoms with E-state index in [0.29, 0.717) is 12.4 Å². The van der Waals surface area contributed by atoms with E-state index in [4.69, 9.17) is 0 Å². The molecule has 154 valence electrons. The Bertz CT molecular complexity index is 840. The van der Waals surface area contributed by atoms with Gasteiger partial charge in [0, 0.05) is 36.8 Å². The van der Waals surface area contributed by atoms with Crippen molar-refractivity contribution in [3.8, 4) is 0 Å². The normalized spacial score (nSPS) is 23.8. The van der Waals surface area contributed by atoms with Crippen LogP contribution in [0.25, 0.3) is 0 Å². The number of hydrogen-bond donors (Lipinski definition) is 2. The molecule has 0 bridgehead atoms. The van der Waals surface area contributed by atoms with Gasteiger partial charge in [-0.15, -0.1) is 5.10 Å². The highest BCUT2D eigenvalue weighted by Crippen LogP contribution is 2.53. The first-order chi connectivity index (χ1) is 13.1. The Morgan fingerprint density at radius 1 is 1.39 bits per heavy atom. The molecule has 0 radical (unpaired) electrons. The maximum atomic E-state index is 13.4. The van der Waals surface area contributed by atoms with Gasteiger partial charge < -0.3 is 10.4 Å². The van der Waals surface area contributed by atoms with Crippen LogP contribution in [0.15, 0.2) is 9.85 Å². The van der Waals surface area contributed by atoms with Gasteiger partial charge in [0.25, 0.3) is 5.92 Å². The summed E-state index contributed by atoms with van der Waals surface area (Å²) in [6.45, 7) is 5.03. The van der Waals surface area contributed by atoms with E-state index in [1.165, 1.54) is 16.2 Å². The van der Waals surface area contributed by atoms with Gasteiger partial charge in [0.1, 0.15) is 6.04 Å². The van der Waals surface area contributed by atoms with E-state index in [1.807, 2.05) is 5.38 Å². The minimum atomic E-state index is -2.66. The maximum absolute atomic E-state index is 13.4. The fourth-order valence-corrected chi connectivity index (χ4v) is 6.05. The molecule has 0 aromatic carbocycles. The lowest BCUT2D eigenvalue weighted by Gasteiger charge is -2.53. The minimum absolute atomic E-state index is 0.0914. The molecule has 1 atom stereocenters. The topological polar surface area (TPSA) is 88.8 Å². The third kappa shape index (κ3) is 3.73. The third-order valence-corrected chi connectivity index (χ3v) is 7.32. The van der Waals surface area contributed by atoms with Gasteiger partial charge in [0.15, 0.2) is 5.82 Å². The molecule has 28 heavy (non-hydrogen) atoms. The second-order valence-electron chi connectivity index (χ2n) is 8.94. The SMILES string of the molecule is CC1(C)CC(CO)(CNC(c2nscc2Br)c2nnnn2C2CC(F)(F)C2)C1. The maximum Gasteiger partial charge on any atom is 0.252 e. The number of aromatic nitrogens is 5. The zero-order valence-corrected chi connectivity index (χ0v) is 18.1. The number of rotatable bonds is 7. The van der Waals surface area contributed by atoms with Gasteiger partial charge in [-0.25, -0.2) is 13.5 Å².